The lowest BCUT2D eigenvalue weighted by molar-refractivity contribution is -0.117. The van der Waals surface area contributed by atoms with E-state index in [1.165, 1.54) is 6.42 Å². The molecule has 1 aliphatic carbocycles. The van der Waals surface area contributed by atoms with Gasteiger partial charge in [-0.2, -0.15) is 0 Å². The first-order valence-corrected chi connectivity index (χ1v) is 6.20. The first-order valence-electron chi connectivity index (χ1n) is 6.20. The van der Waals surface area contributed by atoms with Crippen molar-refractivity contribution in [2.75, 3.05) is 5.32 Å². The van der Waals surface area contributed by atoms with Crippen molar-refractivity contribution in [1.82, 2.24) is 0 Å². The molecular weight excluding hydrogens is 230 g/mol. The second-order valence-corrected chi connectivity index (χ2v) is 4.83. The van der Waals surface area contributed by atoms with Gasteiger partial charge in [0.1, 0.15) is 0 Å². The maximum Gasteiger partial charge on any atom is 0.336 e. The predicted molar refractivity (Wildman–Crippen MR) is 68.7 cm³/mol. The minimum Gasteiger partial charge on any atom is -0.478 e. The summed E-state index contributed by atoms with van der Waals surface area (Å²) in [6.45, 7) is 1.71. The van der Waals surface area contributed by atoms with Crippen LogP contribution in [0.25, 0.3) is 0 Å². The van der Waals surface area contributed by atoms with Crippen LogP contribution < -0.4 is 5.32 Å². The van der Waals surface area contributed by atoms with Crippen molar-refractivity contribution in [3.63, 3.8) is 0 Å². The summed E-state index contributed by atoms with van der Waals surface area (Å²) in [4.78, 5) is 22.8. The van der Waals surface area contributed by atoms with Gasteiger partial charge in [0.25, 0.3) is 0 Å². The molecule has 1 aromatic carbocycles. The minimum absolute atomic E-state index is 0.0228. The Labute approximate surface area is 106 Å². The van der Waals surface area contributed by atoms with E-state index in [0.717, 1.165) is 12.8 Å². The fourth-order valence-electron chi connectivity index (χ4n) is 2.16. The molecule has 0 saturated heterocycles. The van der Waals surface area contributed by atoms with Crippen LogP contribution in [0, 0.1) is 12.8 Å². The topological polar surface area (TPSA) is 66.4 Å². The molecule has 0 aromatic heterocycles. The number of hydrogen-bond donors (Lipinski definition) is 2. The van der Waals surface area contributed by atoms with E-state index in [4.69, 9.17) is 5.11 Å². The van der Waals surface area contributed by atoms with Crippen molar-refractivity contribution in [2.24, 2.45) is 5.92 Å². The molecule has 0 atom stereocenters. The van der Waals surface area contributed by atoms with Gasteiger partial charge in [0.2, 0.25) is 5.91 Å². The van der Waals surface area contributed by atoms with E-state index in [2.05, 4.69) is 5.32 Å². The summed E-state index contributed by atoms with van der Waals surface area (Å²) < 4.78 is 0. The second-order valence-electron chi connectivity index (χ2n) is 4.83. The molecule has 0 bridgehead atoms. The molecular formula is C14H17NO3. The summed E-state index contributed by atoms with van der Waals surface area (Å²) in [5.74, 6) is -0.485. The molecule has 0 heterocycles. The van der Waals surface area contributed by atoms with Crippen molar-refractivity contribution in [3.8, 4) is 0 Å². The van der Waals surface area contributed by atoms with Gasteiger partial charge in [0.15, 0.2) is 0 Å². The summed E-state index contributed by atoms with van der Waals surface area (Å²) in [5, 5.41) is 11.8. The molecule has 4 nitrogen and oxygen atoms in total. The van der Waals surface area contributed by atoms with Crippen LogP contribution in [-0.2, 0) is 4.79 Å². The maximum absolute atomic E-state index is 11.8. The van der Waals surface area contributed by atoms with Gasteiger partial charge in [-0.1, -0.05) is 12.5 Å². The number of carbonyl (C=O) groups excluding carboxylic acids is 1. The zero-order chi connectivity index (χ0) is 13.1. The molecule has 2 N–H and O–H groups in total. The lowest BCUT2D eigenvalue weighted by atomic mass is 9.83. The number of anilines is 1. The maximum atomic E-state index is 11.8. The van der Waals surface area contributed by atoms with E-state index in [1.807, 2.05) is 0 Å². The van der Waals surface area contributed by atoms with Gasteiger partial charge in [-0.3, -0.25) is 4.79 Å². The third-order valence-electron chi connectivity index (χ3n) is 3.54. The number of hydrogen-bond acceptors (Lipinski definition) is 2. The lowest BCUT2D eigenvalue weighted by Crippen LogP contribution is -2.21. The number of benzene rings is 1. The SMILES string of the molecule is Cc1c(NC(=O)CC2CCC2)cccc1C(=O)O. The molecule has 1 aliphatic rings. The normalized spacial score (nSPS) is 14.9. The highest BCUT2D eigenvalue weighted by Crippen LogP contribution is 2.30. The van der Waals surface area contributed by atoms with E-state index < -0.39 is 5.97 Å². The van der Waals surface area contributed by atoms with Crippen molar-refractivity contribution < 1.29 is 14.7 Å². The fourth-order valence-corrected chi connectivity index (χ4v) is 2.16. The number of amides is 1. The standard InChI is InChI=1S/C14H17NO3/c1-9-11(14(17)18)6-3-7-12(9)15-13(16)8-10-4-2-5-10/h3,6-7,10H,2,4-5,8H2,1H3,(H,15,16)(H,17,18). The third-order valence-corrected chi connectivity index (χ3v) is 3.54. The summed E-state index contributed by atoms with van der Waals surface area (Å²) in [6, 6.07) is 4.93. The molecule has 2 rings (SSSR count). The van der Waals surface area contributed by atoms with E-state index >= 15 is 0 Å². The van der Waals surface area contributed by atoms with Crippen molar-refractivity contribution in [3.05, 3.63) is 29.3 Å². The highest BCUT2D eigenvalue weighted by atomic mass is 16.4. The van der Waals surface area contributed by atoms with E-state index in [9.17, 15) is 9.59 Å². The van der Waals surface area contributed by atoms with Gasteiger partial charge in [0, 0.05) is 12.1 Å². The smallest absolute Gasteiger partial charge is 0.336 e. The van der Waals surface area contributed by atoms with Crippen LogP contribution in [0.15, 0.2) is 18.2 Å². The average Bonchev–Trinajstić information content (AvgIpc) is 2.26. The highest BCUT2D eigenvalue weighted by Gasteiger charge is 2.21. The van der Waals surface area contributed by atoms with Gasteiger partial charge in [-0.15, -0.1) is 0 Å². The molecule has 0 radical (unpaired) electrons. The number of carboxylic acids is 1. The van der Waals surface area contributed by atoms with E-state index in [-0.39, 0.29) is 11.5 Å². The van der Waals surface area contributed by atoms with Crippen LogP contribution in [0.3, 0.4) is 0 Å². The molecule has 1 fully saturated rings. The summed E-state index contributed by atoms with van der Waals surface area (Å²) in [6.07, 6.45) is 4.01. The first-order chi connectivity index (χ1) is 8.58. The fraction of sp³-hybridized carbons (Fsp3) is 0.429. The van der Waals surface area contributed by atoms with Crippen LogP contribution in [0.1, 0.15) is 41.6 Å². The Bertz CT molecular complexity index is 478. The minimum atomic E-state index is -0.970. The van der Waals surface area contributed by atoms with Crippen LogP contribution >= 0.6 is 0 Å². The molecule has 4 heteroatoms. The largest absolute Gasteiger partial charge is 0.478 e. The summed E-state index contributed by atoms with van der Waals surface area (Å²) in [7, 11) is 0. The average molecular weight is 247 g/mol. The molecule has 0 aliphatic heterocycles. The van der Waals surface area contributed by atoms with Crippen molar-refractivity contribution in [2.45, 2.75) is 32.6 Å². The van der Waals surface area contributed by atoms with Gasteiger partial charge in [-0.05, 0) is 43.4 Å². The number of carbonyl (C=O) groups is 2. The predicted octanol–water partition coefficient (Wildman–Crippen LogP) is 2.82. The Kier molecular flexibility index (Phi) is 3.65. The van der Waals surface area contributed by atoms with E-state index in [1.54, 1.807) is 25.1 Å². The van der Waals surface area contributed by atoms with Crippen LogP contribution in [0.4, 0.5) is 5.69 Å². The first kappa shape index (κ1) is 12.6. The molecule has 1 amide bonds. The van der Waals surface area contributed by atoms with Crippen LogP contribution in [-0.4, -0.2) is 17.0 Å². The molecule has 0 spiro atoms. The number of aromatic carboxylic acids is 1. The van der Waals surface area contributed by atoms with Crippen molar-refractivity contribution in [1.29, 1.82) is 0 Å². The highest BCUT2D eigenvalue weighted by molar-refractivity contribution is 5.96. The van der Waals surface area contributed by atoms with Gasteiger partial charge in [-0.25, -0.2) is 4.79 Å². The van der Waals surface area contributed by atoms with Crippen LogP contribution in [0.2, 0.25) is 0 Å². The molecule has 0 unspecified atom stereocenters. The Hall–Kier alpha value is -1.84. The quantitative estimate of drug-likeness (QED) is 0.859. The lowest BCUT2D eigenvalue weighted by Gasteiger charge is -2.24. The third kappa shape index (κ3) is 2.70. The van der Waals surface area contributed by atoms with Gasteiger partial charge in [0.05, 0.1) is 5.56 Å². The zero-order valence-electron chi connectivity index (χ0n) is 10.4. The molecule has 96 valence electrons. The molecule has 1 saturated carbocycles. The van der Waals surface area contributed by atoms with Gasteiger partial charge >= 0.3 is 5.97 Å². The monoisotopic (exact) mass is 247 g/mol. The summed E-state index contributed by atoms with van der Waals surface area (Å²) in [5.41, 5.74) is 1.43. The Morgan fingerprint density at radius 1 is 1.39 bits per heavy atom. The van der Waals surface area contributed by atoms with Crippen LogP contribution in [0.5, 0.6) is 0 Å². The second kappa shape index (κ2) is 5.21. The summed E-state index contributed by atoms with van der Waals surface area (Å²) >= 11 is 0. The Morgan fingerprint density at radius 3 is 2.67 bits per heavy atom. The Morgan fingerprint density at radius 2 is 2.11 bits per heavy atom. The zero-order valence-corrected chi connectivity index (χ0v) is 10.4. The van der Waals surface area contributed by atoms with Crippen molar-refractivity contribution >= 4 is 17.6 Å². The van der Waals surface area contributed by atoms with Gasteiger partial charge < -0.3 is 10.4 Å². The molecule has 1 aromatic rings. The number of carboxylic acid groups (broad SMARTS) is 1. The molecule has 18 heavy (non-hydrogen) atoms. The van der Waals surface area contributed by atoms with E-state index in [0.29, 0.717) is 23.6 Å². The number of rotatable bonds is 4. The Balaban J connectivity index is 2.06. The number of nitrogens with one attached hydrogen (secondary N) is 1.